The number of hydrogen-bond acceptors (Lipinski definition) is 1. The zero-order valence-electron chi connectivity index (χ0n) is 7.31. The first-order valence-corrected chi connectivity index (χ1v) is 4.17. The van der Waals surface area contributed by atoms with Crippen molar-refractivity contribution in [2.45, 2.75) is 26.1 Å². The van der Waals surface area contributed by atoms with Crippen LogP contribution in [0.25, 0.3) is 0 Å². The minimum Gasteiger partial charge on any atom is -0.315 e. The molecule has 0 amide bonds. The van der Waals surface area contributed by atoms with Crippen molar-refractivity contribution in [3.63, 3.8) is 0 Å². The Hall–Kier alpha value is -0.960. The van der Waals surface area contributed by atoms with Crippen LogP contribution >= 0.6 is 0 Å². The van der Waals surface area contributed by atoms with Gasteiger partial charge < -0.3 is 4.74 Å². The number of ether oxygens (including phenoxy) is 1. The number of fused-ring (bicyclic) bond motifs is 1. The molecule has 0 bridgehead atoms. The minimum atomic E-state index is -2.98. The van der Waals surface area contributed by atoms with Crippen molar-refractivity contribution in [3.05, 3.63) is 34.9 Å². The van der Waals surface area contributed by atoms with Crippen LogP contribution in [-0.4, -0.2) is 6.11 Å². The quantitative estimate of drug-likeness (QED) is 0.602. The number of benzene rings is 1. The summed E-state index contributed by atoms with van der Waals surface area (Å²) in [5.74, 6) is 0. The summed E-state index contributed by atoms with van der Waals surface area (Å²) in [4.78, 5) is 0. The van der Waals surface area contributed by atoms with E-state index in [9.17, 15) is 8.78 Å². The van der Waals surface area contributed by atoms with Crippen molar-refractivity contribution >= 4 is 0 Å². The zero-order chi connectivity index (χ0) is 9.47. The van der Waals surface area contributed by atoms with Gasteiger partial charge in [0.05, 0.1) is 13.0 Å². The first-order valence-electron chi connectivity index (χ1n) is 4.17. The fraction of sp³-hybridized carbons (Fsp3) is 0.400. The summed E-state index contributed by atoms with van der Waals surface area (Å²) in [7, 11) is 0. The van der Waals surface area contributed by atoms with Crippen molar-refractivity contribution in [2.24, 2.45) is 0 Å². The van der Waals surface area contributed by atoms with Gasteiger partial charge in [0.15, 0.2) is 0 Å². The third kappa shape index (κ3) is 1.70. The van der Waals surface area contributed by atoms with Gasteiger partial charge in [-0.05, 0) is 18.1 Å². The maximum atomic E-state index is 12.8. The topological polar surface area (TPSA) is 9.23 Å². The predicted octanol–water partition coefficient (Wildman–Crippen LogP) is 2.66. The van der Waals surface area contributed by atoms with Crippen molar-refractivity contribution < 1.29 is 13.5 Å². The fourth-order valence-corrected chi connectivity index (χ4v) is 1.52. The molecule has 1 aromatic rings. The summed E-state index contributed by atoms with van der Waals surface area (Å²) in [6.07, 6.45) is -3.29. The van der Waals surface area contributed by atoms with Crippen molar-refractivity contribution in [1.82, 2.24) is 0 Å². The molecule has 0 N–H and O–H groups in total. The molecule has 0 aromatic heterocycles. The Bertz CT molecular complexity index is 334. The summed E-state index contributed by atoms with van der Waals surface area (Å²) in [6.45, 7) is 1.96. The highest BCUT2D eigenvalue weighted by Crippen LogP contribution is 2.30. The Labute approximate surface area is 75.3 Å². The van der Waals surface area contributed by atoms with Crippen molar-refractivity contribution in [2.75, 3.05) is 0 Å². The van der Waals surface area contributed by atoms with Crippen LogP contribution in [0.3, 0.4) is 0 Å². The highest BCUT2D eigenvalue weighted by Gasteiger charge is 2.35. The van der Waals surface area contributed by atoms with E-state index >= 15 is 0 Å². The molecule has 0 radical (unpaired) electrons. The molecule has 1 aliphatic rings. The van der Waals surface area contributed by atoms with Crippen LogP contribution in [0.4, 0.5) is 8.78 Å². The molecule has 0 fully saturated rings. The molecule has 0 spiro atoms. The van der Waals surface area contributed by atoms with E-state index in [1.807, 2.05) is 19.1 Å². The molecule has 1 aromatic carbocycles. The van der Waals surface area contributed by atoms with E-state index < -0.39 is 6.11 Å². The van der Waals surface area contributed by atoms with Gasteiger partial charge in [-0.25, -0.2) is 0 Å². The molecule has 1 aliphatic heterocycles. The van der Waals surface area contributed by atoms with E-state index in [2.05, 4.69) is 4.74 Å². The number of hydrogen-bond donors (Lipinski definition) is 0. The van der Waals surface area contributed by atoms with Gasteiger partial charge in [-0.2, -0.15) is 8.78 Å². The predicted molar refractivity (Wildman–Crippen MR) is 44.6 cm³/mol. The Balaban J connectivity index is 2.37. The van der Waals surface area contributed by atoms with E-state index in [4.69, 9.17) is 0 Å². The molecule has 0 saturated heterocycles. The minimum absolute atomic E-state index is 0.0179. The highest BCUT2D eigenvalue weighted by molar-refractivity contribution is 5.32. The molecule has 70 valence electrons. The van der Waals surface area contributed by atoms with Crippen LogP contribution in [-0.2, 0) is 17.8 Å². The summed E-state index contributed by atoms with van der Waals surface area (Å²) < 4.78 is 29.9. The highest BCUT2D eigenvalue weighted by atomic mass is 19.3. The second-order valence-corrected chi connectivity index (χ2v) is 3.37. The van der Waals surface area contributed by atoms with Gasteiger partial charge >= 0.3 is 6.11 Å². The Morgan fingerprint density at radius 2 is 2.08 bits per heavy atom. The van der Waals surface area contributed by atoms with Gasteiger partial charge in [0.2, 0.25) is 0 Å². The molecular formula is C10H10F2O. The average molecular weight is 184 g/mol. The van der Waals surface area contributed by atoms with Gasteiger partial charge in [-0.3, -0.25) is 0 Å². The van der Waals surface area contributed by atoms with Gasteiger partial charge in [-0.1, -0.05) is 23.8 Å². The number of rotatable bonds is 0. The zero-order valence-corrected chi connectivity index (χ0v) is 7.31. The van der Waals surface area contributed by atoms with E-state index in [0.717, 1.165) is 11.1 Å². The lowest BCUT2D eigenvalue weighted by atomic mass is 10.0. The monoisotopic (exact) mass is 184 g/mol. The lowest BCUT2D eigenvalue weighted by Crippen LogP contribution is -2.28. The van der Waals surface area contributed by atoms with Crippen molar-refractivity contribution in [1.29, 1.82) is 0 Å². The van der Waals surface area contributed by atoms with Crippen LogP contribution < -0.4 is 0 Å². The number of alkyl halides is 2. The molecule has 1 nitrogen and oxygen atoms in total. The molecule has 0 aliphatic carbocycles. The van der Waals surface area contributed by atoms with E-state index in [0.29, 0.717) is 5.56 Å². The molecule has 0 unspecified atom stereocenters. The van der Waals surface area contributed by atoms with E-state index in [1.54, 1.807) is 6.07 Å². The summed E-state index contributed by atoms with van der Waals surface area (Å²) in [6, 6.07) is 5.49. The smallest absolute Gasteiger partial charge is 0.315 e. The number of halogens is 2. The van der Waals surface area contributed by atoms with Crippen LogP contribution in [0.2, 0.25) is 0 Å². The average Bonchev–Trinajstić information content (AvgIpc) is 2.05. The lowest BCUT2D eigenvalue weighted by molar-refractivity contribution is -0.250. The second kappa shape index (κ2) is 2.77. The third-order valence-corrected chi connectivity index (χ3v) is 2.20. The first kappa shape index (κ1) is 8.63. The second-order valence-electron chi connectivity index (χ2n) is 3.37. The summed E-state index contributed by atoms with van der Waals surface area (Å²) in [5, 5.41) is 0. The molecular weight excluding hydrogens is 174 g/mol. The Kier molecular flexibility index (Phi) is 1.84. The van der Waals surface area contributed by atoms with Crippen LogP contribution in [0, 0.1) is 6.92 Å². The van der Waals surface area contributed by atoms with Crippen LogP contribution in [0.5, 0.6) is 0 Å². The molecule has 0 saturated carbocycles. The molecule has 3 heteroatoms. The molecule has 13 heavy (non-hydrogen) atoms. The summed E-state index contributed by atoms with van der Waals surface area (Å²) >= 11 is 0. The van der Waals surface area contributed by atoms with Gasteiger partial charge in [-0.15, -0.1) is 0 Å². The molecule has 1 heterocycles. The Morgan fingerprint density at radius 3 is 2.85 bits per heavy atom. The molecule has 0 atom stereocenters. The van der Waals surface area contributed by atoms with Crippen molar-refractivity contribution in [3.8, 4) is 0 Å². The maximum Gasteiger partial charge on any atom is 0.360 e. The lowest BCUT2D eigenvalue weighted by Gasteiger charge is -2.24. The number of aryl methyl sites for hydroxylation is 1. The fourth-order valence-electron chi connectivity index (χ4n) is 1.52. The van der Waals surface area contributed by atoms with Gasteiger partial charge in [0.25, 0.3) is 0 Å². The third-order valence-electron chi connectivity index (χ3n) is 2.20. The summed E-state index contributed by atoms with van der Waals surface area (Å²) in [5.41, 5.74) is 2.65. The van der Waals surface area contributed by atoms with E-state index in [-0.39, 0.29) is 13.0 Å². The SMILES string of the molecule is Cc1ccc2c(c1)COC(F)(F)C2. The normalized spacial score (nSPS) is 19.6. The Morgan fingerprint density at radius 1 is 1.31 bits per heavy atom. The molecule has 2 rings (SSSR count). The maximum absolute atomic E-state index is 12.8. The largest absolute Gasteiger partial charge is 0.360 e. The van der Waals surface area contributed by atoms with Crippen LogP contribution in [0.15, 0.2) is 18.2 Å². The van der Waals surface area contributed by atoms with Gasteiger partial charge in [0.1, 0.15) is 0 Å². The van der Waals surface area contributed by atoms with Crippen LogP contribution in [0.1, 0.15) is 16.7 Å². The van der Waals surface area contributed by atoms with E-state index in [1.165, 1.54) is 0 Å². The standard InChI is InChI=1S/C10H10F2O/c1-7-2-3-8-5-10(11,12)13-6-9(8)4-7/h2-4H,5-6H2,1H3. The first-order chi connectivity index (χ1) is 6.07. The van der Waals surface area contributed by atoms with Gasteiger partial charge in [0, 0.05) is 0 Å².